The zero-order chi connectivity index (χ0) is 18.9. The molecular weight excluding hydrogens is 403 g/mol. The van der Waals surface area contributed by atoms with E-state index in [1.165, 1.54) is 11.8 Å². The summed E-state index contributed by atoms with van der Waals surface area (Å²) < 4.78 is 10.4. The molecule has 1 fully saturated rings. The van der Waals surface area contributed by atoms with Gasteiger partial charge < -0.3 is 9.15 Å². The van der Waals surface area contributed by atoms with Crippen LogP contribution in [-0.4, -0.2) is 21.6 Å². The van der Waals surface area contributed by atoms with Crippen molar-refractivity contribution in [3.8, 4) is 5.75 Å². The third-order valence-electron chi connectivity index (χ3n) is 4.56. The van der Waals surface area contributed by atoms with E-state index in [-0.39, 0.29) is 11.2 Å². The van der Waals surface area contributed by atoms with Gasteiger partial charge in [0, 0.05) is 11.2 Å². The monoisotopic (exact) mass is 420 g/mol. The lowest BCUT2D eigenvalue weighted by molar-refractivity contribution is 0.413. The minimum atomic E-state index is -0.681. The second-order valence-corrected chi connectivity index (χ2v) is 9.14. The summed E-state index contributed by atoms with van der Waals surface area (Å²) in [4.78, 5) is 0. The van der Waals surface area contributed by atoms with Crippen molar-refractivity contribution in [2.45, 2.75) is 27.6 Å². The number of rotatable bonds is 7. The van der Waals surface area contributed by atoms with Crippen LogP contribution in [0.2, 0.25) is 0 Å². The van der Waals surface area contributed by atoms with E-state index in [0.29, 0.717) is 17.5 Å². The molecule has 1 aliphatic rings. The Morgan fingerprint density at radius 2 is 1.85 bits per heavy atom. The van der Waals surface area contributed by atoms with Gasteiger partial charge in [-0.15, -0.1) is 33.4 Å². The maximum absolute atomic E-state index is 6.33. The molecule has 1 heterocycles. The average molecular weight is 421 g/mol. The summed E-state index contributed by atoms with van der Waals surface area (Å²) >= 11 is 14.2. The van der Waals surface area contributed by atoms with Gasteiger partial charge in [-0.3, -0.25) is 0 Å². The molecule has 4 rings (SSSR count). The third kappa shape index (κ3) is 4.42. The molecule has 0 amide bonds. The molecule has 0 aliphatic heterocycles. The summed E-state index contributed by atoms with van der Waals surface area (Å²) in [5.74, 6) is 1.56. The SMILES string of the molecule is COc1ccc(Cc2nnc(SC(c3ccccc3)C3CC3(Cl)Cl)o2)cc1. The van der Waals surface area contributed by atoms with Crippen LogP contribution in [0.4, 0.5) is 0 Å². The fourth-order valence-electron chi connectivity index (χ4n) is 2.97. The van der Waals surface area contributed by atoms with Crippen LogP contribution in [-0.2, 0) is 6.42 Å². The predicted molar refractivity (Wildman–Crippen MR) is 108 cm³/mol. The molecule has 0 saturated heterocycles. The third-order valence-corrected chi connectivity index (χ3v) is 6.65. The van der Waals surface area contributed by atoms with E-state index in [4.69, 9.17) is 32.4 Å². The van der Waals surface area contributed by atoms with E-state index >= 15 is 0 Å². The topological polar surface area (TPSA) is 48.2 Å². The van der Waals surface area contributed by atoms with E-state index in [1.807, 2.05) is 42.5 Å². The number of hydrogen-bond acceptors (Lipinski definition) is 5. The summed E-state index contributed by atoms with van der Waals surface area (Å²) in [7, 11) is 1.65. The van der Waals surface area contributed by atoms with Crippen molar-refractivity contribution in [3.63, 3.8) is 0 Å². The lowest BCUT2D eigenvalue weighted by Gasteiger charge is -2.15. The van der Waals surface area contributed by atoms with Crippen molar-refractivity contribution in [1.82, 2.24) is 10.2 Å². The highest BCUT2D eigenvalue weighted by Gasteiger charge is 2.56. The van der Waals surface area contributed by atoms with Gasteiger partial charge in [-0.2, -0.15) is 0 Å². The average Bonchev–Trinajstić information content (AvgIpc) is 3.10. The summed E-state index contributed by atoms with van der Waals surface area (Å²) in [6.45, 7) is 0. The quantitative estimate of drug-likeness (QED) is 0.362. The van der Waals surface area contributed by atoms with Crippen molar-refractivity contribution in [3.05, 3.63) is 71.6 Å². The molecule has 0 N–H and O–H groups in total. The van der Waals surface area contributed by atoms with E-state index in [1.54, 1.807) is 7.11 Å². The number of alkyl halides is 2. The molecule has 1 aromatic heterocycles. The van der Waals surface area contributed by atoms with Gasteiger partial charge in [0.15, 0.2) is 0 Å². The van der Waals surface area contributed by atoms with Gasteiger partial charge in [-0.25, -0.2) is 0 Å². The molecule has 2 unspecified atom stereocenters. The Bertz CT molecular complexity index is 900. The molecule has 2 aromatic carbocycles. The zero-order valence-corrected chi connectivity index (χ0v) is 17.0. The zero-order valence-electron chi connectivity index (χ0n) is 14.6. The van der Waals surface area contributed by atoms with Crippen LogP contribution < -0.4 is 4.74 Å². The first-order valence-electron chi connectivity index (χ1n) is 8.60. The number of hydrogen-bond donors (Lipinski definition) is 0. The van der Waals surface area contributed by atoms with Crippen LogP contribution in [0.3, 0.4) is 0 Å². The lowest BCUT2D eigenvalue weighted by Crippen LogP contribution is -2.02. The Labute approximate surface area is 172 Å². The van der Waals surface area contributed by atoms with Crippen LogP contribution in [0.25, 0.3) is 0 Å². The number of halogens is 2. The second kappa shape index (κ2) is 7.74. The molecule has 0 radical (unpaired) electrons. The van der Waals surface area contributed by atoms with Crippen LogP contribution in [0.15, 0.2) is 64.2 Å². The fourth-order valence-corrected chi connectivity index (χ4v) is 4.94. The number of methoxy groups -OCH3 is 1. The normalized spacial score (nSPS) is 18.9. The number of ether oxygens (including phenoxy) is 1. The Balaban J connectivity index is 1.48. The van der Waals surface area contributed by atoms with E-state index < -0.39 is 4.33 Å². The first-order chi connectivity index (χ1) is 13.0. The molecule has 1 saturated carbocycles. The van der Waals surface area contributed by atoms with Crippen molar-refractivity contribution >= 4 is 35.0 Å². The van der Waals surface area contributed by atoms with Crippen molar-refractivity contribution in [2.24, 2.45) is 5.92 Å². The van der Waals surface area contributed by atoms with E-state index in [9.17, 15) is 0 Å². The molecular formula is C20H18Cl2N2O2S. The Morgan fingerprint density at radius 1 is 1.15 bits per heavy atom. The first-order valence-corrected chi connectivity index (χ1v) is 10.2. The fraction of sp³-hybridized carbons (Fsp3) is 0.300. The minimum absolute atomic E-state index is 0.0792. The minimum Gasteiger partial charge on any atom is -0.497 e. The summed E-state index contributed by atoms with van der Waals surface area (Å²) in [6.07, 6.45) is 1.33. The predicted octanol–water partition coefficient (Wildman–Crippen LogP) is 5.70. The summed E-state index contributed by atoms with van der Waals surface area (Å²) in [5.41, 5.74) is 2.24. The number of thioether (sulfide) groups is 1. The van der Waals surface area contributed by atoms with Crippen molar-refractivity contribution < 1.29 is 9.15 Å². The molecule has 7 heteroatoms. The highest BCUT2D eigenvalue weighted by Crippen LogP contribution is 2.63. The van der Waals surface area contributed by atoms with Gasteiger partial charge in [-0.05, 0) is 29.7 Å². The highest BCUT2D eigenvalue weighted by atomic mass is 35.5. The maximum Gasteiger partial charge on any atom is 0.277 e. The smallest absolute Gasteiger partial charge is 0.277 e. The molecule has 0 bridgehead atoms. The molecule has 1 aliphatic carbocycles. The standard InChI is InChI=1S/C20H18Cl2N2O2S/c1-25-15-9-7-13(8-10-15)11-17-23-24-19(26-17)27-18(16-12-20(16,21)22)14-5-3-2-4-6-14/h2-10,16,18H,11-12H2,1H3. The highest BCUT2D eigenvalue weighted by molar-refractivity contribution is 7.99. The van der Waals surface area contributed by atoms with E-state index in [2.05, 4.69) is 22.3 Å². The molecule has 3 aromatic rings. The van der Waals surface area contributed by atoms with Crippen molar-refractivity contribution in [2.75, 3.05) is 7.11 Å². The van der Waals surface area contributed by atoms with Crippen molar-refractivity contribution in [1.29, 1.82) is 0 Å². The number of aromatic nitrogens is 2. The Kier molecular flexibility index (Phi) is 5.35. The van der Waals surface area contributed by atoms with Crippen LogP contribution in [0.5, 0.6) is 5.75 Å². The molecule has 140 valence electrons. The molecule has 0 spiro atoms. The van der Waals surface area contributed by atoms with Gasteiger partial charge >= 0.3 is 0 Å². The number of benzene rings is 2. The van der Waals surface area contributed by atoms with Crippen LogP contribution in [0, 0.1) is 5.92 Å². The maximum atomic E-state index is 6.33. The molecule has 2 atom stereocenters. The molecule has 27 heavy (non-hydrogen) atoms. The van der Waals surface area contributed by atoms with Gasteiger partial charge in [0.05, 0.1) is 13.5 Å². The van der Waals surface area contributed by atoms with Gasteiger partial charge in [-0.1, -0.05) is 54.2 Å². The van der Waals surface area contributed by atoms with Crippen LogP contribution in [0.1, 0.15) is 28.7 Å². The van der Waals surface area contributed by atoms with Gasteiger partial charge in [0.25, 0.3) is 5.22 Å². The largest absolute Gasteiger partial charge is 0.497 e. The molecule has 4 nitrogen and oxygen atoms in total. The Hall–Kier alpha value is -1.69. The summed E-state index contributed by atoms with van der Waals surface area (Å²) in [6, 6.07) is 18.0. The van der Waals surface area contributed by atoms with Gasteiger partial charge in [0.1, 0.15) is 10.1 Å². The Morgan fingerprint density at radius 3 is 2.48 bits per heavy atom. The van der Waals surface area contributed by atoms with Gasteiger partial charge in [0.2, 0.25) is 5.89 Å². The van der Waals surface area contributed by atoms with E-state index in [0.717, 1.165) is 23.3 Å². The first kappa shape index (κ1) is 18.7. The summed E-state index contributed by atoms with van der Waals surface area (Å²) in [5, 5.41) is 9.00. The second-order valence-electron chi connectivity index (χ2n) is 6.51. The number of nitrogens with zero attached hydrogens (tertiary/aromatic N) is 2. The lowest BCUT2D eigenvalue weighted by atomic mass is 10.1. The van der Waals surface area contributed by atoms with Crippen LogP contribution >= 0.6 is 35.0 Å².